The van der Waals surface area contributed by atoms with E-state index < -0.39 is 18.1 Å². The van der Waals surface area contributed by atoms with E-state index in [1.165, 1.54) is 0 Å². The summed E-state index contributed by atoms with van der Waals surface area (Å²) in [5, 5.41) is 22.7. The Balaban J connectivity index is 2.31. The van der Waals surface area contributed by atoms with Crippen molar-refractivity contribution in [2.45, 2.75) is 45.3 Å². The maximum absolute atomic E-state index is 11.5. The van der Waals surface area contributed by atoms with E-state index >= 15 is 0 Å². The number of aliphatic hydroxyl groups excluding tert-OH is 1. The molecule has 4 atom stereocenters. The molecule has 104 valence electrons. The molecule has 1 saturated carbocycles. The highest BCUT2D eigenvalue weighted by atomic mass is 16.4. The van der Waals surface area contributed by atoms with Crippen LogP contribution in [0.3, 0.4) is 0 Å². The van der Waals surface area contributed by atoms with Crippen LogP contribution in [0.1, 0.15) is 33.1 Å². The topological polar surface area (TPSA) is 98.7 Å². The number of carboxylic acids is 1. The van der Waals surface area contributed by atoms with Crippen LogP contribution in [-0.4, -0.2) is 40.9 Å². The van der Waals surface area contributed by atoms with Gasteiger partial charge in [-0.1, -0.05) is 20.3 Å². The molecule has 1 aliphatic carbocycles. The third-order valence-electron chi connectivity index (χ3n) is 3.81. The van der Waals surface area contributed by atoms with Crippen LogP contribution in [0.5, 0.6) is 0 Å². The summed E-state index contributed by atoms with van der Waals surface area (Å²) in [7, 11) is 0. The third kappa shape index (κ3) is 3.87. The molecule has 0 aromatic carbocycles. The van der Waals surface area contributed by atoms with E-state index in [0.29, 0.717) is 11.8 Å². The molecule has 0 bridgehead atoms. The fraction of sp³-hybridized carbons (Fsp3) is 0.833. The lowest BCUT2D eigenvalue weighted by Crippen LogP contribution is -2.46. The summed E-state index contributed by atoms with van der Waals surface area (Å²) >= 11 is 0. The summed E-state index contributed by atoms with van der Waals surface area (Å²) in [4.78, 5) is 21.9. The number of urea groups is 1. The minimum absolute atomic E-state index is 0.136. The molecular weight excluding hydrogens is 236 g/mol. The first-order chi connectivity index (χ1) is 8.45. The molecule has 0 aromatic rings. The number of carbonyl (C=O) groups excluding carboxylic acids is 1. The van der Waals surface area contributed by atoms with Gasteiger partial charge in [0.25, 0.3) is 0 Å². The van der Waals surface area contributed by atoms with E-state index in [4.69, 9.17) is 10.2 Å². The average Bonchev–Trinajstić information content (AvgIpc) is 2.67. The largest absolute Gasteiger partial charge is 0.479 e. The third-order valence-corrected chi connectivity index (χ3v) is 3.81. The number of aliphatic hydroxyl groups is 1. The van der Waals surface area contributed by atoms with Crippen molar-refractivity contribution in [3.05, 3.63) is 0 Å². The first-order valence-electron chi connectivity index (χ1n) is 6.41. The SMILES string of the molecule is CCC1CCC(NC(=O)NCC(O)C(=O)O)C1C. The Hall–Kier alpha value is -1.30. The van der Waals surface area contributed by atoms with E-state index in [2.05, 4.69) is 24.5 Å². The van der Waals surface area contributed by atoms with Crippen LogP contribution < -0.4 is 10.6 Å². The summed E-state index contributed by atoms with van der Waals surface area (Å²) in [6.07, 6.45) is 1.62. The molecule has 2 amide bonds. The van der Waals surface area contributed by atoms with Gasteiger partial charge in [0.05, 0.1) is 6.54 Å². The van der Waals surface area contributed by atoms with Crippen molar-refractivity contribution in [1.29, 1.82) is 0 Å². The Morgan fingerprint density at radius 3 is 2.56 bits per heavy atom. The van der Waals surface area contributed by atoms with E-state index in [9.17, 15) is 9.59 Å². The minimum Gasteiger partial charge on any atom is -0.479 e. The van der Waals surface area contributed by atoms with Crippen molar-refractivity contribution in [2.24, 2.45) is 11.8 Å². The second-order valence-corrected chi connectivity index (χ2v) is 4.92. The molecule has 18 heavy (non-hydrogen) atoms. The molecule has 0 saturated heterocycles. The van der Waals surface area contributed by atoms with Gasteiger partial charge in [0.15, 0.2) is 6.10 Å². The Morgan fingerprint density at radius 1 is 1.39 bits per heavy atom. The number of hydrogen-bond acceptors (Lipinski definition) is 3. The number of nitrogens with one attached hydrogen (secondary N) is 2. The summed E-state index contributed by atoms with van der Waals surface area (Å²) in [6, 6.07) is -0.277. The van der Waals surface area contributed by atoms with Crippen LogP contribution in [-0.2, 0) is 4.79 Å². The van der Waals surface area contributed by atoms with Gasteiger partial charge in [0.1, 0.15) is 0 Å². The van der Waals surface area contributed by atoms with Gasteiger partial charge in [0.2, 0.25) is 0 Å². The molecule has 1 fully saturated rings. The second-order valence-electron chi connectivity index (χ2n) is 4.92. The quantitative estimate of drug-likeness (QED) is 0.579. The highest BCUT2D eigenvalue weighted by molar-refractivity contribution is 5.76. The highest BCUT2D eigenvalue weighted by Gasteiger charge is 2.32. The zero-order chi connectivity index (χ0) is 13.7. The number of carboxylic acid groups (broad SMARTS) is 1. The van der Waals surface area contributed by atoms with Crippen LogP contribution in [0, 0.1) is 11.8 Å². The predicted octanol–water partition coefficient (Wildman–Crippen LogP) is 0.556. The van der Waals surface area contributed by atoms with Crippen molar-refractivity contribution >= 4 is 12.0 Å². The monoisotopic (exact) mass is 258 g/mol. The Labute approximate surface area is 107 Å². The van der Waals surface area contributed by atoms with Gasteiger partial charge in [-0.2, -0.15) is 0 Å². The van der Waals surface area contributed by atoms with Crippen LogP contribution in [0.2, 0.25) is 0 Å². The van der Waals surface area contributed by atoms with E-state index in [1.807, 2.05) is 0 Å². The Bertz CT molecular complexity index is 308. The molecule has 0 heterocycles. The van der Waals surface area contributed by atoms with Crippen LogP contribution >= 0.6 is 0 Å². The second kappa shape index (κ2) is 6.58. The number of carbonyl (C=O) groups is 2. The van der Waals surface area contributed by atoms with Gasteiger partial charge < -0.3 is 20.8 Å². The first kappa shape index (κ1) is 14.8. The van der Waals surface area contributed by atoms with E-state index in [1.54, 1.807) is 0 Å². The highest BCUT2D eigenvalue weighted by Crippen LogP contribution is 2.33. The lowest BCUT2D eigenvalue weighted by Gasteiger charge is -2.21. The molecule has 0 aliphatic heterocycles. The maximum Gasteiger partial charge on any atom is 0.334 e. The smallest absolute Gasteiger partial charge is 0.334 e. The standard InChI is InChI=1S/C12H22N2O4/c1-3-8-4-5-9(7(8)2)14-12(18)13-6-10(15)11(16)17/h7-10,15H,3-6H2,1-2H3,(H,16,17)(H2,13,14,18). The molecule has 1 aliphatic rings. The van der Waals surface area contributed by atoms with Crippen molar-refractivity contribution in [3.63, 3.8) is 0 Å². The summed E-state index contributed by atoms with van der Waals surface area (Å²) in [6.45, 7) is 3.99. The number of hydrogen-bond donors (Lipinski definition) is 4. The zero-order valence-corrected chi connectivity index (χ0v) is 10.8. The van der Waals surface area contributed by atoms with Gasteiger partial charge in [-0.05, 0) is 24.7 Å². The lowest BCUT2D eigenvalue weighted by molar-refractivity contribution is -0.146. The number of amides is 2. The molecule has 4 unspecified atom stereocenters. The fourth-order valence-corrected chi connectivity index (χ4v) is 2.52. The molecule has 4 N–H and O–H groups in total. The van der Waals surface area contributed by atoms with E-state index in [-0.39, 0.29) is 12.6 Å². The van der Waals surface area contributed by atoms with Crippen LogP contribution in [0.4, 0.5) is 4.79 Å². The normalized spacial score (nSPS) is 28.7. The van der Waals surface area contributed by atoms with Gasteiger partial charge in [-0.15, -0.1) is 0 Å². The van der Waals surface area contributed by atoms with Crippen LogP contribution in [0.25, 0.3) is 0 Å². The number of aliphatic carboxylic acids is 1. The Morgan fingerprint density at radius 2 is 2.06 bits per heavy atom. The van der Waals surface area contributed by atoms with Crippen molar-refractivity contribution in [2.75, 3.05) is 6.54 Å². The minimum atomic E-state index is -1.56. The molecular formula is C12H22N2O4. The molecule has 0 aromatic heterocycles. The summed E-state index contributed by atoms with van der Waals surface area (Å²) in [5.41, 5.74) is 0. The van der Waals surface area contributed by atoms with Gasteiger partial charge in [-0.25, -0.2) is 9.59 Å². The van der Waals surface area contributed by atoms with Gasteiger partial charge in [-0.3, -0.25) is 0 Å². The number of rotatable bonds is 5. The maximum atomic E-state index is 11.5. The fourth-order valence-electron chi connectivity index (χ4n) is 2.52. The van der Waals surface area contributed by atoms with E-state index in [0.717, 1.165) is 19.3 Å². The zero-order valence-electron chi connectivity index (χ0n) is 10.8. The average molecular weight is 258 g/mol. The van der Waals surface area contributed by atoms with Crippen molar-refractivity contribution in [3.8, 4) is 0 Å². The summed E-state index contributed by atoms with van der Waals surface area (Å²) in [5.74, 6) is -0.263. The summed E-state index contributed by atoms with van der Waals surface area (Å²) < 4.78 is 0. The van der Waals surface area contributed by atoms with Crippen LogP contribution in [0.15, 0.2) is 0 Å². The van der Waals surface area contributed by atoms with Crippen molar-refractivity contribution in [1.82, 2.24) is 10.6 Å². The molecule has 1 rings (SSSR count). The van der Waals surface area contributed by atoms with Gasteiger partial charge >= 0.3 is 12.0 Å². The molecule has 6 nitrogen and oxygen atoms in total. The lowest BCUT2D eigenvalue weighted by atomic mass is 9.94. The van der Waals surface area contributed by atoms with Gasteiger partial charge in [0, 0.05) is 6.04 Å². The molecule has 6 heteroatoms. The van der Waals surface area contributed by atoms with Crippen molar-refractivity contribution < 1.29 is 19.8 Å². The predicted molar refractivity (Wildman–Crippen MR) is 66.1 cm³/mol. The molecule has 0 radical (unpaired) electrons. The molecule has 0 spiro atoms. The first-order valence-corrected chi connectivity index (χ1v) is 6.41. The Kier molecular flexibility index (Phi) is 5.40.